The van der Waals surface area contributed by atoms with Crippen molar-refractivity contribution < 1.29 is 79.5 Å². The summed E-state index contributed by atoms with van der Waals surface area (Å²) >= 11 is 0. The molecule has 0 atom stereocenters. The Kier molecular flexibility index (Phi) is 44.2. The minimum Gasteiger partial charge on any atom is -0.550 e. The molecule has 49 heavy (non-hydrogen) atoms. The monoisotopic (exact) mass is 734 g/mol. The molecule has 0 heterocycles. The van der Waals surface area contributed by atoms with E-state index in [4.69, 9.17) is 15.3 Å². The number of carboxylic acid groups (broad SMARTS) is 7. The molecule has 268 valence electrons. The molecule has 0 radical (unpaired) electrons. The van der Waals surface area contributed by atoms with E-state index in [9.17, 15) is 64.2 Å². The van der Waals surface area contributed by atoms with Crippen LogP contribution in [0.4, 0.5) is 0 Å². The van der Waals surface area contributed by atoms with Crippen LogP contribution >= 0.6 is 0 Å². The average molecular weight is 736 g/mol. The van der Waals surface area contributed by atoms with Gasteiger partial charge in [0, 0.05) is 56.0 Å². The first-order valence-electron chi connectivity index (χ1n) is 15.2. The molecule has 0 saturated carbocycles. The second kappa shape index (κ2) is 36.3. The van der Waals surface area contributed by atoms with Gasteiger partial charge in [-0.1, -0.05) is 96.8 Å². The van der Waals surface area contributed by atoms with Crippen molar-refractivity contribution in [2.75, 3.05) is 0 Å². The standard InChI is InChI=1S/C18H36O2.2C6H8O7.3Mg/c1-2-3-4-5-6-7-8-9-10-11-12-13-14-15-16-17-18(19)20;2*7-3(8)1-6(13,5(11)12)2-4(9)10;;;/h2-17H2,1H3,(H,19,20);2*13H,1-2H2,(H,7,8)(H,9,10)(H,11,12);;;/q;;;3*+2/p-6. The SMILES string of the molecule is CCCCCCCCCCCCCCCCCC(=O)O.O=C([O-])CC(O)(CC(=O)[O-])C(=O)[O-].O=C([O-])CC(O)(CC(=O)[O-])C(=O)[O-].[Mg+2].[Mg+2].[Mg+2]. The number of hydrogen-bond acceptors (Lipinski definition) is 15. The van der Waals surface area contributed by atoms with Gasteiger partial charge in [0.1, 0.15) is 11.2 Å². The fraction of sp³-hybridized carbons (Fsp3) is 0.767. The molecule has 0 saturated heterocycles. The van der Waals surface area contributed by atoms with Gasteiger partial charge in [0.2, 0.25) is 0 Å². The Labute approximate surface area is 334 Å². The van der Waals surface area contributed by atoms with E-state index in [2.05, 4.69) is 6.92 Å². The van der Waals surface area contributed by atoms with Crippen molar-refractivity contribution in [2.24, 2.45) is 0 Å². The van der Waals surface area contributed by atoms with Crippen LogP contribution in [0, 0.1) is 0 Å². The van der Waals surface area contributed by atoms with E-state index >= 15 is 0 Å². The normalized spacial score (nSPS) is 10.2. The van der Waals surface area contributed by atoms with E-state index in [1.807, 2.05) is 0 Å². The van der Waals surface area contributed by atoms with Gasteiger partial charge in [-0.25, -0.2) is 0 Å². The largest absolute Gasteiger partial charge is 2.00 e. The third kappa shape index (κ3) is 40.8. The predicted molar refractivity (Wildman–Crippen MR) is 163 cm³/mol. The second-order valence-electron chi connectivity index (χ2n) is 10.9. The third-order valence-corrected chi connectivity index (χ3v) is 6.50. The van der Waals surface area contributed by atoms with Crippen LogP contribution in [-0.2, 0) is 33.6 Å². The van der Waals surface area contributed by atoms with Gasteiger partial charge in [-0.15, -0.1) is 0 Å². The van der Waals surface area contributed by atoms with Gasteiger partial charge in [-0.05, 0) is 6.42 Å². The van der Waals surface area contributed by atoms with Crippen LogP contribution in [0.2, 0.25) is 0 Å². The van der Waals surface area contributed by atoms with Crippen LogP contribution in [-0.4, -0.2) is 137 Å². The Morgan fingerprint density at radius 3 is 0.796 bits per heavy atom. The number of carbonyl (C=O) groups is 7. The van der Waals surface area contributed by atoms with Crippen LogP contribution in [0.25, 0.3) is 0 Å². The number of aliphatic carboxylic acids is 7. The summed E-state index contributed by atoms with van der Waals surface area (Å²) in [5, 5.41) is 86.4. The molecule has 0 fully saturated rings. The van der Waals surface area contributed by atoms with Gasteiger partial charge in [0.15, 0.2) is 0 Å². The molecule has 0 aliphatic rings. The fourth-order valence-electron chi connectivity index (χ4n) is 4.02. The third-order valence-electron chi connectivity index (χ3n) is 6.50. The van der Waals surface area contributed by atoms with Gasteiger partial charge >= 0.3 is 75.1 Å². The maximum absolute atomic E-state index is 10.3. The summed E-state index contributed by atoms with van der Waals surface area (Å²) in [4.78, 5) is 70.3. The van der Waals surface area contributed by atoms with Crippen molar-refractivity contribution in [2.45, 2.75) is 147 Å². The average Bonchev–Trinajstić information content (AvgIpc) is 2.89. The topological polar surface area (TPSA) is 319 Å². The summed E-state index contributed by atoms with van der Waals surface area (Å²) in [6.45, 7) is 2.27. The van der Waals surface area contributed by atoms with Gasteiger partial charge in [0.25, 0.3) is 0 Å². The van der Waals surface area contributed by atoms with Crippen molar-refractivity contribution in [3.8, 4) is 0 Å². The zero-order valence-electron chi connectivity index (χ0n) is 28.4. The summed E-state index contributed by atoms with van der Waals surface area (Å²) in [5.41, 5.74) is -5.95. The van der Waals surface area contributed by atoms with Gasteiger partial charge in [-0.2, -0.15) is 0 Å². The summed E-state index contributed by atoms with van der Waals surface area (Å²) in [5.74, 6) is -12.6. The van der Waals surface area contributed by atoms with Gasteiger partial charge in [-0.3, -0.25) is 4.79 Å². The molecule has 0 spiro atoms. The zero-order chi connectivity index (χ0) is 36.2. The molecule has 0 aliphatic carbocycles. The van der Waals surface area contributed by atoms with Crippen molar-refractivity contribution in [3.63, 3.8) is 0 Å². The number of hydrogen-bond donors (Lipinski definition) is 3. The molecular weight excluding hydrogens is 689 g/mol. The Morgan fingerprint density at radius 1 is 0.429 bits per heavy atom. The fourth-order valence-corrected chi connectivity index (χ4v) is 4.02. The number of unbranched alkanes of at least 4 members (excludes halogenated alkanes) is 14. The van der Waals surface area contributed by atoms with Crippen LogP contribution in [0.1, 0.15) is 135 Å². The summed E-state index contributed by atoms with van der Waals surface area (Å²) in [7, 11) is 0. The molecule has 3 N–H and O–H groups in total. The van der Waals surface area contributed by atoms with E-state index in [1.54, 1.807) is 0 Å². The van der Waals surface area contributed by atoms with Crippen molar-refractivity contribution in [3.05, 3.63) is 0 Å². The van der Waals surface area contributed by atoms with Crippen LogP contribution in [0.15, 0.2) is 0 Å². The van der Waals surface area contributed by atoms with Crippen molar-refractivity contribution in [1.82, 2.24) is 0 Å². The quantitative estimate of drug-likeness (QED) is 0.0552. The molecule has 19 heteroatoms. The number of carboxylic acids is 7. The maximum atomic E-state index is 10.3. The maximum Gasteiger partial charge on any atom is 2.00 e. The second-order valence-corrected chi connectivity index (χ2v) is 10.9. The molecule has 0 aromatic rings. The first kappa shape index (κ1) is 59.6. The van der Waals surface area contributed by atoms with E-state index in [0.29, 0.717) is 6.42 Å². The minimum absolute atomic E-state index is 0. The summed E-state index contributed by atoms with van der Waals surface area (Å²) < 4.78 is 0. The molecule has 16 nitrogen and oxygen atoms in total. The van der Waals surface area contributed by atoms with E-state index in [-0.39, 0.29) is 69.2 Å². The van der Waals surface area contributed by atoms with Gasteiger partial charge in [0.05, 0.1) is 11.9 Å². The summed E-state index contributed by atoms with van der Waals surface area (Å²) in [6.07, 6.45) is 14.8. The molecule has 0 aromatic heterocycles. The first-order chi connectivity index (χ1) is 21.3. The van der Waals surface area contributed by atoms with Crippen LogP contribution in [0.5, 0.6) is 0 Å². The summed E-state index contributed by atoms with van der Waals surface area (Å²) in [6, 6.07) is 0. The Hall–Kier alpha value is -1.49. The Balaban J connectivity index is -0.000000142. The number of aliphatic hydroxyl groups is 2. The molecule has 0 rings (SSSR count). The predicted octanol–water partition coefficient (Wildman–Crippen LogP) is -5.32. The Morgan fingerprint density at radius 2 is 0.633 bits per heavy atom. The number of rotatable bonds is 26. The first-order valence-corrected chi connectivity index (χ1v) is 15.2. The van der Waals surface area contributed by atoms with Gasteiger partial charge < -0.3 is 74.7 Å². The van der Waals surface area contributed by atoms with Crippen molar-refractivity contribution >= 4 is 111 Å². The van der Waals surface area contributed by atoms with E-state index in [0.717, 1.165) is 12.8 Å². The zero-order valence-corrected chi connectivity index (χ0v) is 32.7. The smallest absolute Gasteiger partial charge is 0.550 e. The number of carbonyl (C=O) groups excluding carboxylic acids is 6. The molecular formula is C30H46Mg3O16. The van der Waals surface area contributed by atoms with Crippen LogP contribution in [0.3, 0.4) is 0 Å². The molecule has 0 aliphatic heterocycles. The van der Waals surface area contributed by atoms with Crippen molar-refractivity contribution in [1.29, 1.82) is 0 Å². The van der Waals surface area contributed by atoms with E-state index in [1.165, 1.54) is 83.5 Å². The minimum atomic E-state index is -2.97. The molecule has 0 unspecified atom stereocenters. The molecule has 0 aromatic carbocycles. The molecule has 0 amide bonds. The van der Waals surface area contributed by atoms with E-state index < -0.39 is 78.7 Å². The van der Waals surface area contributed by atoms with Crippen LogP contribution < -0.4 is 30.6 Å². The molecule has 0 bridgehead atoms. The Bertz CT molecular complexity index is 862.